The van der Waals surface area contributed by atoms with Crippen molar-refractivity contribution < 1.29 is 9.59 Å². The van der Waals surface area contributed by atoms with Gasteiger partial charge in [-0.15, -0.1) is 0 Å². The molecule has 2 amide bonds. The standard InChI is InChI=1S/C23H24N4O4/c1-2-24-22(30)19-10-6-9-18(13-19)14-25-20(28)16-27-21(29)11-12-26(23(27)31)15-17-7-4-3-5-8-17/h3-13H,2,14-16H2,1H3,(H,24,30)(H,25,28). The second-order valence-corrected chi connectivity index (χ2v) is 6.97. The van der Waals surface area contributed by atoms with E-state index < -0.39 is 17.2 Å². The van der Waals surface area contributed by atoms with Gasteiger partial charge in [-0.2, -0.15) is 0 Å². The second kappa shape index (κ2) is 10.2. The van der Waals surface area contributed by atoms with E-state index in [-0.39, 0.29) is 19.0 Å². The number of benzene rings is 2. The molecule has 1 aromatic heterocycles. The zero-order valence-electron chi connectivity index (χ0n) is 17.2. The highest BCUT2D eigenvalue weighted by Crippen LogP contribution is 2.05. The van der Waals surface area contributed by atoms with Crippen LogP contribution in [0.2, 0.25) is 0 Å². The minimum atomic E-state index is -0.551. The molecule has 8 heteroatoms. The lowest BCUT2D eigenvalue weighted by atomic mass is 10.1. The van der Waals surface area contributed by atoms with Crippen LogP contribution in [0.25, 0.3) is 0 Å². The van der Waals surface area contributed by atoms with Crippen molar-refractivity contribution >= 4 is 11.8 Å². The summed E-state index contributed by atoms with van der Waals surface area (Å²) in [5, 5.41) is 5.41. The molecule has 0 saturated heterocycles. The molecule has 3 rings (SSSR count). The van der Waals surface area contributed by atoms with Crippen LogP contribution in [0.1, 0.15) is 28.4 Å². The summed E-state index contributed by atoms with van der Waals surface area (Å²) in [6, 6.07) is 17.5. The number of rotatable bonds is 8. The number of nitrogens with one attached hydrogen (secondary N) is 2. The van der Waals surface area contributed by atoms with Crippen molar-refractivity contribution in [3.8, 4) is 0 Å². The molecule has 2 N–H and O–H groups in total. The molecule has 0 aliphatic carbocycles. The fourth-order valence-electron chi connectivity index (χ4n) is 3.09. The van der Waals surface area contributed by atoms with Crippen LogP contribution < -0.4 is 21.9 Å². The summed E-state index contributed by atoms with van der Waals surface area (Å²) in [6.45, 7) is 2.44. The highest BCUT2D eigenvalue weighted by atomic mass is 16.2. The van der Waals surface area contributed by atoms with Crippen molar-refractivity contribution in [2.45, 2.75) is 26.6 Å². The van der Waals surface area contributed by atoms with E-state index in [0.717, 1.165) is 15.7 Å². The van der Waals surface area contributed by atoms with Gasteiger partial charge in [0.1, 0.15) is 6.54 Å². The van der Waals surface area contributed by atoms with Crippen molar-refractivity contribution in [1.82, 2.24) is 19.8 Å². The average Bonchev–Trinajstić information content (AvgIpc) is 2.78. The summed E-state index contributed by atoms with van der Waals surface area (Å²) in [7, 11) is 0. The largest absolute Gasteiger partial charge is 0.352 e. The van der Waals surface area contributed by atoms with Crippen molar-refractivity contribution in [2.24, 2.45) is 0 Å². The van der Waals surface area contributed by atoms with Crippen LogP contribution >= 0.6 is 0 Å². The van der Waals surface area contributed by atoms with Gasteiger partial charge in [-0.1, -0.05) is 42.5 Å². The number of carbonyl (C=O) groups is 2. The number of nitrogens with zero attached hydrogens (tertiary/aromatic N) is 2. The molecule has 0 aliphatic heterocycles. The van der Waals surface area contributed by atoms with Crippen LogP contribution in [0, 0.1) is 0 Å². The lowest BCUT2D eigenvalue weighted by Crippen LogP contribution is -2.43. The molecule has 0 aliphatic rings. The molecule has 8 nitrogen and oxygen atoms in total. The predicted octanol–water partition coefficient (Wildman–Crippen LogP) is 1.12. The summed E-state index contributed by atoms with van der Waals surface area (Å²) in [5.74, 6) is -0.662. The Labute approximate surface area is 179 Å². The molecule has 31 heavy (non-hydrogen) atoms. The van der Waals surface area contributed by atoms with E-state index in [1.165, 1.54) is 16.8 Å². The third-order valence-electron chi connectivity index (χ3n) is 4.65. The normalized spacial score (nSPS) is 10.5. The molecule has 0 spiro atoms. The first-order valence-corrected chi connectivity index (χ1v) is 9.96. The number of hydrogen-bond acceptors (Lipinski definition) is 4. The van der Waals surface area contributed by atoms with Crippen LogP contribution in [0.15, 0.2) is 76.4 Å². The van der Waals surface area contributed by atoms with Crippen molar-refractivity contribution in [2.75, 3.05) is 6.54 Å². The van der Waals surface area contributed by atoms with Gasteiger partial charge in [0, 0.05) is 30.9 Å². The Hall–Kier alpha value is -3.94. The number of hydrogen-bond donors (Lipinski definition) is 2. The Morgan fingerprint density at radius 2 is 1.65 bits per heavy atom. The molecule has 0 fully saturated rings. The Kier molecular flexibility index (Phi) is 7.16. The zero-order chi connectivity index (χ0) is 22.2. The quantitative estimate of drug-likeness (QED) is 0.570. The van der Waals surface area contributed by atoms with Crippen molar-refractivity contribution in [3.05, 3.63) is 104 Å². The van der Waals surface area contributed by atoms with Gasteiger partial charge < -0.3 is 10.6 Å². The maximum absolute atomic E-state index is 12.7. The van der Waals surface area contributed by atoms with Gasteiger partial charge in [-0.05, 0) is 30.2 Å². The summed E-state index contributed by atoms with van der Waals surface area (Å²) in [5.41, 5.74) is 1.05. The Bertz CT molecular complexity index is 1180. The SMILES string of the molecule is CCNC(=O)c1cccc(CNC(=O)Cn2c(=O)ccn(Cc3ccccc3)c2=O)c1. The van der Waals surface area contributed by atoms with Gasteiger partial charge in [-0.25, -0.2) is 4.79 Å². The van der Waals surface area contributed by atoms with E-state index in [2.05, 4.69) is 10.6 Å². The van der Waals surface area contributed by atoms with Gasteiger partial charge in [0.15, 0.2) is 0 Å². The predicted molar refractivity (Wildman–Crippen MR) is 117 cm³/mol. The fourth-order valence-corrected chi connectivity index (χ4v) is 3.09. The van der Waals surface area contributed by atoms with Gasteiger partial charge >= 0.3 is 5.69 Å². The van der Waals surface area contributed by atoms with Crippen LogP contribution in [0.4, 0.5) is 0 Å². The summed E-state index contributed by atoms with van der Waals surface area (Å²) >= 11 is 0. The average molecular weight is 420 g/mol. The highest BCUT2D eigenvalue weighted by molar-refractivity contribution is 5.94. The lowest BCUT2D eigenvalue weighted by molar-refractivity contribution is -0.121. The Morgan fingerprint density at radius 1 is 0.903 bits per heavy atom. The topological polar surface area (TPSA) is 102 Å². The van der Waals surface area contributed by atoms with E-state index in [1.807, 2.05) is 37.3 Å². The Morgan fingerprint density at radius 3 is 2.39 bits per heavy atom. The van der Waals surface area contributed by atoms with Gasteiger partial charge in [0.05, 0.1) is 6.54 Å². The monoisotopic (exact) mass is 420 g/mol. The smallest absolute Gasteiger partial charge is 0.331 e. The fraction of sp³-hybridized carbons (Fsp3) is 0.217. The van der Waals surface area contributed by atoms with Crippen LogP contribution in [-0.4, -0.2) is 27.5 Å². The molecule has 0 saturated carbocycles. The maximum atomic E-state index is 12.7. The molecular weight excluding hydrogens is 396 g/mol. The first-order chi connectivity index (χ1) is 15.0. The van der Waals surface area contributed by atoms with E-state index in [0.29, 0.717) is 18.7 Å². The third kappa shape index (κ3) is 5.79. The summed E-state index contributed by atoms with van der Waals surface area (Å²) in [4.78, 5) is 49.2. The maximum Gasteiger partial charge on any atom is 0.331 e. The van der Waals surface area contributed by atoms with Crippen LogP contribution in [0.3, 0.4) is 0 Å². The molecule has 160 valence electrons. The summed E-state index contributed by atoms with van der Waals surface area (Å²) in [6.07, 6.45) is 1.43. The van der Waals surface area contributed by atoms with Crippen LogP contribution in [-0.2, 0) is 24.4 Å². The van der Waals surface area contributed by atoms with Gasteiger partial charge in [-0.3, -0.25) is 23.5 Å². The number of carbonyl (C=O) groups excluding carboxylic acids is 2. The lowest BCUT2D eigenvalue weighted by Gasteiger charge is -2.11. The number of aromatic nitrogens is 2. The molecular formula is C23H24N4O4. The molecule has 1 heterocycles. The van der Waals surface area contributed by atoms with E-state index in [1.54, 1.807) is 24.3 Å². The second-order valence-electron chi connectivity index (χ2n) is 6.97. The third-order valence-corrected chi connectivity index (χ3v) is 4.65. The van der Waals surface area contributed by atoms with Gasteiger partial charge in [0.2, 0.25) is 5.91 Å². The van der Waals surface area contributed by atoms with Crippen LogP contribution in [0.5, 0.6) is 0 Å². The minimum Gasteiger partial charge on any atom is -0.352 e. The minimum absolute atomic E-state index is 0.172. The van der Waals surface area contributed by atoms with Crippen molar-refractivity contribution in [1.29, 1.82) is 0 Å². The molecule has 0 bridgehead atoms. The van der Waals surface area contributed by atoms with E-state index in [4.69, 9.17) is 0 Å². The molecule has 3 aromatic rings. The van der Waals surface area contributed by atoms with E-state index >= 15 is 0 Å². The van der Waals surface area contributed by atoms with Gasteiger partial charge in [0.25, 0.3) is 11.5 Å². The molecule has 2 aromatic carbocycles. The number of amides is 2. The first-order valence-electron chi connectivity index (χ1n) is 9.96. The Balaban J connectivity index is 1.67. The van der Waals surface area contributed by atoms with E-state index in [9.17, 15) is 19.2 Å². The molecule has 0 atom stereocenters. The molecule has 0 unspecified atom stereocenters. The summed E-state index contributed by atoms with van der Waals surface area (Å²) < 4.78 is 2.29. The highest BCUT2D eigenvalue weighted by Gasteiger charge is 2.11. The zero-order valence-corrected chi connectivity index (χ0v) is 17.2. The molecule has 0 radical (unpaired) electrons. The first kappa shape index (κ1) is 21.8. The van der Waals surface area contributed by atoms with Crippen molar-refractivity contribution in [3.63, 3.8) is 0 Å².